The summed E-state index contributed by atoms with van der Waals surface area (Å²) in [5.74, 6) is 0. The molecule has 1 heterocycles. The predicted octanol–water partition coefficient (Wildman–Crippen LogP) is 3.73. The molecule has 2 rings (SSSR count). The molecule has 0 spiro atoms. The van der Waals surface area contributed by atoms with Crippen LogP contribution in [0.3, 0.4) is 0 Å². The Bertz CT molecular complexity index is 415. The van der Waals surface area contributed by atoms with Gasteiger partial charge in [-0.25, -0.2) is 0 Å². The van der Waals surface area contributed by atoms with Gasteiger partial charge < -0.3 is 4.90 Å². The molecule has 1 atom stereocenters. The third-order valence-electron chi connectivity index (χ3n) is 4.45. The van der Waals surface area contributed by atoms with E-state index < -0.39 is 0 Å². The third-order valence-corrected chi connectivity index (χ3v) is 4.45. The molecule has 1 aliphatic rings. The van der Waals surface area contributed by atoms with E-state index in [0.717, 1.165) is 19.4 Å². The second-order valence-electron chi connectivity index (χ2n) is 5.57. The molecule has 0 unspecified atom stereocenters. The normalized spacial score (nSPS) is 19.6. The number of benzene rings is 1. The van der Waals surface area contributed by atoms with Gasteiger partial charge in [-0.05, 0) is 50.9 Å². The summed E-state index contributed by atoms with van der Waals surface area (Å²) < 4.78 is 0. The van der Waals surface area contributed by atoms with Crippen molar-refractivity contribution in [2.24, 2.45) is 0 Å². The minimum Gasteiger partial charge on any atom is -0.303 e. The van der Waals surface area contributed by atoms with E-state index in [-0.39, 0.29) is 5.41 Å². The Kier molecular flexibility index (Phi) is 4.99. The quantitative estimate of drug-likeness (QED) is 0.802. The molecule has 0 aliphatic carbocycles. The van der Waals surface area contributed by atoms with Gasteiger partial charge in [-0.3, -0.25) is 0 Å². The van der Waals surface area contributed by atoms with Crippen molar-refractivity contribution in [1.82, 2.24) is 4.90 Å². The smallest absolute Gasteiger partial charge is 0.0831 e. The van der Waals surface area contributed by atoms with Crippen LogP contribution >= 0.6 is 0 Å². The maximum atomic E-state index is 9.69. The molecule has 0 bridgehead atoms. The number of nitriles is 1. The minimum atomic E-state index is -0.307. The molecule has 0 N–H and O–H groups in total. The summed E-state index contributed by atoms with van der Waals surface area (Å²) in [5.41, 5.74) is 0.871. The molecule has 19 heavy (non-hydrogen) atoms. The predicted molar refractivity (Wildman–Crippen MR) is 78.9 cm³/mol. The van der Waals surface area contributed by atoms with Crippen molar-refractivity contribution in [2.75, 3.05) is 19.6 Å². The van der Waals surface area contributed by atoms with Crippen molar-refractivity contribution in [1.29, 1.82) is 5.26 Å². The number of likely N-dealkylation sites (tertiary alicyclic amines) is 1. The highest BCUT2D eigenvalue weighted by molar-refractivity contribution is 5.32. The molecule has 102 valence electrons. The lowest BCUT2D eigenvalue weighted by molar-refractivity contribution is 0.212. The van der Waals surface area contributed by atoms with Gasteiger partial charge in [-0.15, -0.1) is 0 Å². The lowest BCUT2D eigenvalue weighted by atomic mass is 9.76. The van der Waals surface area contributed by atoms with Gasteiger partial charge in [-0.2, -0.15) is 5.26 Å². The van der Waals surface area contributed by atoms with Crippen molar-refractivity contribution in [2.45, 2.75) is 44.4 Å². The van der Waals surface area contributed by atoms with E-state index in [9.17, 15) is 5.26 Å². The number of rotatable bonds is 5. The SMILES string of the molecule is CC[C@](C#N)(CCN1CCCCC1)c1ccccc1. The van der Waals surface area contributed by atoms with Crippen molar-refractivity contribution >= 4 is 0 Å². The molecule has 1 fully saturated rings. The fraction of sp³-hybridized carbons (Fsp3) is 0.588. The molecule has 0 amide bonds. The summed E-state index contributed by atoms with van der Waals surface area (Å²) in [6, 6.07) is 12.9. The number of hydrogen-bond acceptors (Lipinski definition) is 2. The molecule has 1 aliphatic heterocycles. The molecular formula is C17H24N2. The van der Waals surface area contributed by atoms with Gasteiger partial charge in [0, 0.05) is 0 Å². The van der Waals surface area contributed by atoms with Gasteiger partial charge in [0.25, 0.3) is 0 Å². The maximum absolute atomic E-state index is 9.69. The molecule has 1 saturated heterocycles. The van der Waals surface area contributed by atoms with Crippen LogP contribution in [0.4, 0.5) is 0 Å². The van der Waals surface area contributed by atoms with Crippen LogP contribution in [0.2, 0.25) is 0 Å². The Labute approximate surface area is 117 Å². The zero-order valence-corrected chi connectivity index (χ0v) is 11.9. The van der Waals surface area contributed by atoms with Gasteiger partial charge in [-0.1, -0.05) is 43.7 Å². The van der Waals surface area contributed by atoms with E-state index in [4.69, 9.17) is 0 Å². The molecular weight excluding hydrogens is 232 g/mol. The molecule has 0 aromatic heterocycles. The van der Waals surface area contributed by atoms with Crippen LogP contribution in [0.1, 0.15) is 44.6 Å². The fourth-order valence-corrected chi connectivity index (χ4v) is 3.01. The largest absolute Gasteiger partial charge is 0.303 e. The van der Waals surface area contributed by atoms with E-state index in [1.807, 2.05) is 18.2 Å². The summed E-state index contributed by atoms with van der Waals surface area (Å²) in [6.45, 7) is 5.60. The average Bonchev–Trinajstić information content (AvgIpc) is 2.51. The molecule has 0 saturated carbocycles. The number of hydrogen-bond donors (Lipinski definition) is 0. The van der Waals surface area contributed by atoms with Crippen molar-refractivity contribution < 1.29 is 0 Å². The van der Waals surface area contributed by atoms with Crippen LogP contribution in [-0.4, -0.2) is 24.5 Å². The van der Waals surface area contributed by atoms with Gasteiger partial charge in [0.15, 0.2) is 0 Å². The summed E-state index contributed by atoms with van der Waals surface area (Å²) >= 11 is 0. The van der Waals surface area contributed by atoms with Crippen molar-refractivity contribution in [3.05, 3.63) is 35.9 Å². The van der Waals surface area contributed by atoms with Crippen LogP contribution in [-0.2, 0) is 5.41 Å². The first-order chi connectivity index (χ1) is 9.30. The van der Waals surface area contributed by atoms with Gasteiger partial charge in [0.1, 0.15) is 0 Å². The highest BCUT2D eigenvalue weighted by Gasteiger charge is 2.30. The molecule has 1 aromatic rings. The van der Waals surface area contributed by atoms with E-state index in [0.29, 0.717) is 0 Å². The summed E-state index contributed by atoms with van der Waals surface area (Å²) in [5, 5.41) is 9.69. The Balaban J connectivity index is 2.05. The van der Waals surface area contributed by atoms with Crippen LogP contribution in [0.15, 0.2) is 30.3 Å². The number of nitrogens with zero attached hydrogens (tertiary/aromatic N) is 2. The number of piperidine rings is 1. The first-order valence-electron chi connectivity index (χ1n) is 7.50. The Hall–Kier alpha value is -1.33. The highest BCUT2D eigenvalue weighted by Crippen LogP contribution is 2.31. The summed E-state index contributed by atoms with van der Waals surface area (Å²) in [7, 11) is 0. The zero-order valence-electron chi connectivity index (χ0n) is 11.9. The van der Waals surface area contributed by atoms with Crippen LogP contribution in [0, 0.1) is 11.3 Å². The second kappa shape index (κ2) is 6.73. The van der Waals surface area contributed by atoms with Crippen LogP contribution in [0.5, 0.6) is 0 Å². The molecule has 2 heteroatoms. The molecule has 0 radical (unpaired) electrons. The van der Waals surface area contributed by atoms with E-state index >= 15 is 0 Å². The Morgan fingerprint density at radius 2 is 1.84 bits per heavy atom. The zero-order chi connectivity index (χ0) is 13.6. The average molecular weight is 256 g/mol. The Morgan fingerprint density at radius 1 is 1.16 bits per heavy atom. The van der Waals surface area contributed by atoms with Crippen molar-refractivity contribution in [3.63, 3.8) is 0 Å². The van der Waals surface area contributed by atoms with Crippen LogP contribution < -0.4 is 0 Å². The lowest BCUT2D eigenvalue weighted by Crippen LogP contribution is -2.35. The van der Waals surface area contributed by atoms with Gasteiger partial charge in [0.2, 0.25) is 0 Å². The lowest BCUT2D eigenvalue weighted by Gasteiger charge is -2.31. The first-order valence-corrected chi connectivity index (χ1v) is 7.50. The van der Waals surface area contributed by atoms with Crippen LogP contribution in [0.25, 0.3) is 0 Å². The Morgan fingerprint density at radius 3 is 2.42 bits per heavy atom. The molecule has 1 aromatic carbocycles. The molecule has 2 nitrogen and oxygen atoms in total. The fourth-order valence-electron chi connectivity index (χ4n) is 3.01. The van der Waals surface area contributed by atoms with E-state index in [2.05, 4.69) is 30.0 Å². The van der Waals surface area contributed by atoms with Crippen molar-refractivity contribution in [3.8, 4) is 6.07 Å². The van der Waals surface area contributed by atoms with E-state index in [1.165, 1.54) is 37.9 Å². The van der Waals surface area contributed by atoms with Gasteiger partial charge >= 0.3 is 0 Å². The standard InChI is InChI=1S/C17H24N2/c1-2-17(15-18,16-9-5-3-6-10-16)11-14-19-12-7-4-8-13-19/h3,5-6,9-10H,2,4,7-8,11-14H2,1H3/t17-/m1/s1. The minimum absolute atomic E-state index is 0.307. The summed E-state index contributed by atoms with van der Waals surface area (Å²) in [6.07, 6.45) is 5.84. The second-order valence-corrected chi connectivity index (χ2v) is 5.57. The monoisotopic (exact) mass is 256 g/mol. The summed E-state index contributed by atoms with van der Waals surface area (Å²) in [4.78, 5) is 2.52. The van der Waals surface area contributed by atoms with Gasteiger partial charge in [0.05, 0.1) is 11.5 Å². The maximum Gasteiger partial charge on any atom is 0.0831 e. The third kappa shape index (κ3) is 3.36. The first kappa shape index (κ1) is 14.1. The highest BCUT2D eigenvalue weighted by atomic mass is 15.1. The topological polar surface area (TPSA) is 27.0 Å². The van der Waals surface area contributed by atoms with E-state index in [1.54, 1.807) is 0 Å².